The third-order valence-electron chi connectivity index (χ3n) is 3.77. The monoisotopic (exact) mass is 367 g/mol. The molecule has 6 heteroatoms. The fourth-order valence-corrected chi connectivity index (χ4v) is 2.68. The van der Waals surface area contributed by atoms with Crippen molar-refractivity contribution in [3.63, 3.8) is 0 Å². The lowest BCUT2D eigenvalue weighted by molar-refractivity contribution is -0.119. The van der Waals surface area contributed by atoms with E-state index in [1.807, 2.05) is 59.5 Å². The minimum atomic E-state index is -0.185. The van der Waals surface area contributed by atoms with Crippen LogP contribution in [-0.4, -0.2) is 29.6 Å². The van der Waals surface area contributed by atoms with Crippen molar-refractivity contribution < 1.29 is 9.53 Å². The molecule has 0 aliphatic rings. The Morgan fingerprint density at radius 3 is 2.46 bits per heavy atom. The highest BCUT2D eigenvalue weighted by Crippen LogP contribution is 2.12. The van der Waals surface area contributed by atoms with Gasteiger partial charge in [0.05, 0.1) is 26.0 Å². The van der Waals surface area contributed by atoms with E-state index in [9.17, 15) is 4.79 Å². The molecule has 0 atom stereocenters. The van der Waals surface area contributed by atoms with E-state index in [4.69, 9.17) is 22.2 Å². The van der Waals surface area contributed by atoms with Gasteiger partial charge in [-0.1, -0.05) is 42.5 Å². The number of methoxy groups -OCH3 is 1. The molecule has 0 saturated carbocycles. The average Bonchev–Trinajstić information content (AvgIpc) is 2.66. The quantitative estimate of drug-likeness (QED) is 0.762. The molecule has 5 nitrogen and oxygen atoms in total. The third kappa shape index (κ3) is 6.19. The summed E-state index contributed by atoms with van der Waals surface area (Å²) < 4.78 is 5.11. The lowest BCUT2D eigenvalue weighted by atomic mass is 10.1. The van der Waals surface area contributed by atoms with E-state index >= 15 is 0 Å². The fraction of sp³-hybridized carbons (Fsp3) is 0.250. The van der Waals surface area contributed by atoms with Crippen molar-refractivity contribution in [1.29, 1.82) is 5.26 Å². The zero-order chi connectivity index (χ0) is 18.8. The SMILES string of the molecule is COc1ccc(CC(=O)NC(=S)N(CCC#N)Cc2ccccc2)cc1. The summed E-state index contributed by atoms with van der Waals surface area (Å²) in [5.41, 5.74) is 1.94. The van der Waals surface area contributed by atoms with Gasteiger partial charge < -0.3 is 15.0 Å². The van der Waals surface area contributed by atoms with Gasteiger partial charge in [-0.25, -0.2) is 0 Å². The number of hydrogen-bond acceptors (Lipinski definition) is 4. The lowest BCUT2D eigenvalue weighted by Gasteiger charge is -2.24. The molecule has 0 fully saturated rings. The zero-order valence-corrected chi connectivity index (χ0v) is 15.5. The van der Waals surface area contributed by atoms with Crippen LogP contribution >= 0.6 is 12.2 Å². The van der Waals surface area contributed by atoms with E-state index in [0.717, 1.165) is 16.9 Å². The number of hydrogen-bond donors (Lipinski definition) is 1. The molecule has 0 aliphatic carbocycles. The summed E-state index contributed by atoms with van der Waals surface area (Å²) in [6, 6.07) is 19.3. The molecule has 0 bridgehead atoms. The van der Waals surface area contributed by atoms with Crippen molar-refractivity contribution in [2.24, 2.45) is 0 Å². The average molecular weight is 367 g/mol. The number of thiocarbonyl (C=S) groups is 1. The maximum atomic E-state index is 12.3. The Kier molecular flexibility index (Phi) is 7.59. The molecule has 0 aromatic heterocycles. The van der Waals surface area contributed by atoms with E-state index in [2.05, 4.69) is 11.4 Å². The van der Waals surface area contributed by atoms with Crippen molar-refractivity contribution >= 4 is 23.2 Å². The third-order valence-corrected chi connectivity index (χ3v) is 4.13. The molecule has 26 heavy (non-hydrogen) atoms. The molecule has 0 unspecified atom stereocenters. The number of ether oxygens (including phenoxy) is 1. The molecule has 0 spiro atoms. The number of rotatable bonds is 7. The second-order valence-electron chi connectivity index (χ2n) is 5.69. The molecular formula is C20H21N3O2S. The van der Waals surface area contributed by atoms with Crippen LogP contribution in [0.5, 0.6) is 5.75 Å². The molecule has 2 aromatic rings. The summed E-state index contributed by atoms with van der Waals surface area (Å²) in [6.45, 7) is 1.01. The smallest absolute Gasteiger partial charge is 0.230 e. The number of benzene rings is 2. The maximum absolute atomic E-state index is 12.3. The van der Waals surface area contributed by atoms with Gasteiger partial charge in [-0.2, -0.15) is 5.26 Å². The molecule has 0 saturated heterocycles. The van der Waals surface area contributed by atoms with Crippen LogP contribution in [-0.2, 0) is 17.8 Å². The number of carbonyl (C=O) groups excluding carboxylic acids is 1. The number of nitrogens with one attached hydrogen (secondary N) is 1. The normalized spacial score (nSPS) is 9.85. The van der Waals surface area contributed by atoms with Crippen LogP contribution in [0.3, 0.4) is 0 Å². The van der Waals surface area contributed by atoms with E-state index in [-0.39, 0.29) is 12.3 Å². The number of nitriles is 1. The summed E-state index contributed by atoms with van der Waals surface area (Å²) in [5, 5.41) is 12.0. The Balaban J connectivity index is 1.95. The van der Waals surface area contributed by atoms with Gasteiger partial charge in [0.1, 0.15) is 5.75 Å². The maximum Gasteiger partial charge on any atom is 0.230 e. The first-order chi connectivity index (χ1) is 12.6. The molecule has 0 heterocycles. The molecule has 2 aromatic carbocycles. The van der Waals surface area contributed by atoms with Crippen molar-refractivity contribution in [1.82, 2.24) is 10.2 Å². The number of amides is 1. The van der Waals surface area contributed by atoms with E-state index in [0.29, 0.717) is 24.6 Å². The molecule has 1 N–H and O–H groups in total. The van der Waals surface area contributed by atoms with Gasteiger partial charge in [0, 0.05) is 13.1 Å². The molecule has 134 valence electrons. The summed E-state index contributed by atoms with van der Waals surface area (Å²) in [5.74, 6) is 0.561. The highest BCUT2D eigenvalue weighted by Gasteiger charge is 2.13. The summed E-state index contributed by atoms with van der Waals surface area (Å²) >= 11 is 5.38. The van der Waals surface area contributed by atoms with E-state index in [1.165, 1.54) is 0 Å². The van der Waals surface area contributed by atoms with Crippen molar-refractivity contribution in [2.45, 2.75) is 19.4 Å². The Morgan fingerprint density at radius 2 is 1.85 bits per heavy atom. The standard InChI is InChI=1S/C20H21N3O2S/c1-25-18-10-8-16(9-11-18)14-19(24)22-20(26)23(13-5-12-21)15-17-6-3-2-4-7-17/h2-4,6-11H,5,13-15H2,1H3,(H,22,24,26). The Bertz CT molecular complexity index is 770. The summed E-state index contributed by atoms with van der Waals surface area (Å²) in [7, 11) is 1.60. The predicted molar refractivity (Wildman–Crippen MR) is 105 cm³/mol. The minimum absolute atomic E-state index is 0.185. The minimum Gasteiger partial charge on any atom is -0.497 e. The van der Waals surface area contributed by atoms with Gasteiger partial charge in [0.15, 0.2) is 5.11 Å². The first kappa shape index (κ1) is 19.4. The first-order valence-electron chi connectivity index (χ1n) is 8.25. The van der Waals surface area contributed by atoms with Crippen molar-refractivity contribution in [3.8, 4) is 11.8 Å². The van der Waals surface area contributed by atoms with Crippen LogP contribution in [0.15, 0.2) is 54.6 Å². The van der Waals surface area contributed by atoms with Crippen molar-refractivity contribution in [3.05, 3.63) is 65.7 Å². The van der Waals surface area contributed by atoms with Crippen LogP contribution in [0.25, 0.3) is 0 Å². The Hall–Kier alpha value is -2.91. The second kappa shape index (κ2) is 10.2. The van der Waals surface area contributed by atoms with Gasteiger partial charge in [0.25, 0.3) is 0 Å². The highest BCUT2D eigenvalue weighted by atomic mass is 32.1. The Morgan fingerprint density at radius 1 is 1.15 bits per heavy atom. The highest BCUT2D eigenvalue weighted by molar-refractivity contribution is 7.80. The van der Waals surface area contributed by atoms with Crippen LogP contribution in [0, 0.1) is 11.3 Å². The van der Waals surface area contributed by atoms with E-state index in [1.54, 1.807) is 7.11 Å². The number of carbonyl (C=O) groups is 1. The molecule has 2 rings (SSSR count). The lowest BCUT2D eigenvalue weighted by Crippen LogP contribution is -2.43. The second-order valence-corrected chi connectivity index (χ2v) is 6.08. The largest absolute Gasteiger partial charge is 0.497 e. The van der Waals surface area contributed by atoms with Gasteiger partial charge in [0.2, 0.25) is 5.91 Å². The van der Waals surface area contributed by atoms with Gasteiger partial charge >= 0.3 is 0 Å². The molecule has 0 radical (unpaired) electrons. The van der Waals surface area contributed by atoms with Crippen LogP contribution in [0.2, 0.25) is 0 Å². The van der Waals surface area contributed by atoms with Gasteiger partial charge in [-0.3, -0.25) is 4.79 Å². The fourth-order valence-electron chi connectivity index (χ4n) is 2.41. The van der Waals surface area contributed by atoms with Crippen LogP contribution < -0.4 is 10.1 Å². The zero-order valence-electron chi connectivity index (χ0n) is 14.6. The molecule has 0 aliphatic heterocycles. The predicted octanol–water partition coefficient (Wildman–Crippen LogP) is 3.05. The summed E-state index contributed by atoms with van der Waals surface area (Å²) in [6.07, 6.45) is 0.558. The Labute approximate surface area is 159 Å². The first-order valence-corrected chi connectivity index (χ1v) is 8.65. The van der Waals surface area contributed by atoms with Crippen LogP contribution in [0.1, 0.15) is 17.5 Å². The van der Waals surface area contributed by atoms with Crippen LogP contribution in [0.4, 0.5) is 0 Å². The van der Waals surface area contributed by atoms with E-state index < -0.39 is 0 Å². The topological polar surface area (TPSA) is 65.4 Å². The molecule has 1 amide bonds. The number of nitrogens with zero attached hydrogens (tertiary/aromatic N) is 2. The van der Waals surface area contributed by atoms with Crippen molar-refractivity contribution in [2.75, 3.05) is 13.7 Å². The molecular weight excluding hydrogens is 346 g/mol. The van der Waals surface area contributed by atoms with Gasteiger partial charge in [-0.05, 0) is 35.5 Å². The summed E-state index contributed by atoms with van der Waals surface area (Å²) in [4.78, 5) is 14.1. The van der Waals surface area contributed by atoms with Gasteiger partial charge in [-0.15, -0.1) is 0 Å².